The Hall–Kier alpha value is -2.90. The van der Waals surface area contributed by atoms with Crippen molar-refractivity contribution >= 4 is 16.1 Å². The third-order valence-electron chi connectivity index (χ3n) is 5.11. The number of ether oxygens (including phenoxy) is 1. The van der Waals surface area contributed by atoms with E-state index in [4.69, 9.17) is 5.11 Å². The number of hydrogen-bond donors (Lipinski definition) is 2. The predicted octanol–water partition coefficient (Wildman–Crippen LogP) is 3.04. The second-order valence-electron chi connectivity index (χ2n) is 7.24. The lowest BCUT2D eigenvalue weighted by Crippen LogP contribution is -2.51. The van der Waals surface area contributed by atoms with Crippen LogP contribution in [0.15, 0.2) is 53.4 Å². The number of sulfonamides is 1. The number of piperazine rings is 1. The number of rotatable bonds is 7. The van der Waals surface area contributed by atoms with Crippen molar-refractivity contribution in [1.29, 1.82) is 0 Å². The van der Waals surface area contributed by atoms with Gasteiger partial charge in [0, 0.05) is 38.8 Å². The summed E-state index contributed by atoms with van der Waals surface area (Å²) in [6.07, 6.45) is -5.95. The van der Waals surface area contributed by atoms with E-state index in [-0.39, 0.29) is 24.5 Å². The van der Waals surface area contributed by atoms with Crippen LogP contribution in [-0.2, 0) is 10.0 Å². The molecule has 0 radical (unpaired) electrons. The summed E-state index contributed by atoms with van der Waals surface area (Å²) in [5.41, 5.74) is 0.622. The lowest BCUT2D eigenvalue weighted by Gasteiger charge is -2.38. The Balaban J connectivity index is 1.74. The molecule has 0 aliphatic carbocycles. The van der Waals surface area contributed by atoms with E-state index in [1.54, 1.807) is 0 Å². The smallest absolute Gasteiger partial charge is 0.465 e. The van der Waals surface area contributed by atoms with Gasteiger partial charge >= 0.3 is 12.5 Å². The molecule has 1 heterocycles. The van der Waals surface area contributed by atoms with Gasteiger partial charge in [-0.25, -0.2) is 22.3 Å². The molecule has 0 unspecified atom stereocenters. The first-order valence-electron chi connectivity index (χ1n) is 9.77. The van der Waals surface area contributed by atoms with Gasteiger partial charge < -0.3 is 14.7 Å². The van der Waals surface area contributed by atoms with Gasteiger partial charge in [-0.3, -0.25) is 4.90 Å². The monoisotopic (exact) mass is 491 g/mol. The molecule has 1 fully saturated rings. The summed E-state index contributed by atoms with van der Waals surface area (Å²) in [5, 5.41) is 9.13. The van der Waals surface area contributed by atoms with Crippen molar-refractivity contribution in [3.05, 3.63) is 59.9 Å². The molecule has 3 rings (SSSR count). The second kappa shape index (κ2) is 9.93. The van der Waals surface area contributed by atoms with Crippen molar-refractivity contribution in [1.82, 2.24) is 14.5 Å². The summed E-state index contributed by atoms with van der Waals surface area (Å²) in [5.74, 6) is -1.02. The molecule has 1 amide bonds. The fourth-order valence-electron chi connectivity index (χ4n) is 3.46. The molecule has 0 spiro atoms. The third-order valence-corrected chi connectivity index (χ3v) is 6.55. The van der Waals surface area contributed by atoms with Crippen molar-refractivity contribution in [2.24, 2.45) is 0 Å². The highest BCUT2D eigenvalue weighted by Gasteiger charge is 2.31. The molecule has 0 aromatic heterocycles. The van der Waals surface area contributed by atoms with Gasteiger partial charge in [0.05, 0.1) is 4.90 Å². The number of nitrogens with one attached hydrogen (secondary N) is 1. The fourth-order valence-corrected chi connectivity index (χ4v) is 4.50. The molecule has 2 aromatic rings. The molecule has 1 aliphatic rings. The maximum atomic E-state index is 13.4. The van der Waals surface area contributed by atoms with Crippen LogP contribution in [0.3, 0.4) is 0 Å². The van der Waals surface area contributed by atoms with E-state index in [9.17, 15) is 30.8 Å². The predicted molar refractivity (Wildman–Crippen MR) is 109 cm³/mol. The number of amides is 1. The van der Waals surface area contributed by atoms with Crippen molar-refractivity contribution in [2.75, 3.05) is 32.7 Å². The van der Waals surface area contributed by atoms with Crippen molar-refractivity contribution in [3.8, 4) is 5.75 Å². The Morgan fingerprint density at radius 3 is 2.12 bits per heavy atom. The molecule has 33 heavy (non-hydrogen) atoms. The van der Waals surface area contributed by atoms with E-state index in [1.165, 1.54) is 29.2 Å². The summed E-state index contributed by atoms with van der Waals surface area (Å²) >= 11 is 0. The maximum Gasteiger partial charge on any atom is 0.573 e. The number of nitrogens with zero attached hydrogens (tertiary/aromatic N) is 2. The van der Waals surface area contributed by atoms with Gasteiger partial charge in [0.15, 0.2) is 0 Å². The van der Waals surface area contributed by atoms with E-state index < -0.39 is 40.1 Å². The molecule has 1 saturated heterocycles. The molecule has 1 aliphatic heterocycles. The van der Waals surface area contributed by atoms with Crippen molar-refractivity contribution in [3.63, 3.8) is 0 Å². The third kappa shape index (κ3) is 6.79. The number of halogens is 4. The number of carboxylic acid groups (broad SMARTS) is 1. The largest absolute Gasteiger partial charge is 0.573 e. The quantitative estimate of drug-likeness (QED) is 0.578. The SMILES string of the molecule is O=C(O)N1CCN([C@H](CNS(=O)(=O)c2ccc(OC(F)(F)F)cc2)c2ccc(F)cc2)CC1. The number of alkyl halides is 3. The van der Waals surface area contributed by atoms with Gasteiger partial charge in [0.1, 0.15) is 11.6 Å². The topological polar surface area (TPSA) is 99.2 Å². The molecule has 13 heteroatoms. The molecule has 2 aromatic carbocycles. The minimum Gasteiger partial charge on any atom is -0.465 e. The van der Waals surface area contributed by atoms with E-state index in [1.807, 2.05) is 4.90 Å². The van der Waals surface area contributed by atoms with Crippen LogP contribution < -0.4 is 9.46 Å². The van der Waals surface area contributed by atoms with Gasteiger partial charge in [-0.1, -0.05) is 12.1 Å². The molecular formula is C20H21F4N3O5S. The summed E-state index contributed by atoms with van der Waals surface area (Å²) in [6, 6.07) is 8.75. The van der Waals surface area contributed by atoms with E-state index in [0.29, 0.717) is 18.7 Å². The van der Waals surface area contributed by atoms with Crippen LogP contribution in [0.25, 0.3) is 0 Å². The Kier molecular flexibility index (Phi) is 7.44. The summed E-state index contributed by atoms with van der Waals surface area (Å²) in [7, 11) is -4.09. The Morgan fingerprint density at radius 1 is 1.03 bits per heavy atom. The van der Waals surface area contributed by atoms with Gasteiger partial charge in [0.25, 0.3) is 0 Å². The van der Waals surface area contributed by atoms with Crippen LogP contribution >= 0.6 is 0 Å². The number of benzene rings is 2. The molecule has 0 saturated carbocycles. The van der Waals surface area contributed by atoms with Crippen molar-refractivity contribution < 1.29 is 40.6 Å². The van der Waals surface area contributed by atoms with Crippen LogP contribution in [0.5, 0.6) is 5.75 Å². The first-order chi connectivity index (χ1) is 15.4. The highest BCUT2D eigenvalue weighted by Crippen LogP contribution is 2.25. The molecule has 1 atom stereocenters. The first-order valence-corrected chi connectivity index (χ1v) is 11.3. The van der Waals surface area contributed by atoms with Crippen LogP contribution in [-0.4, -0.2) is 68.5 Å². The van der Waals surface area contributed by atoms with E-state index in [0.717, 1.165) is 24.3 Å². The summed E-state index contributed by atoms with van der Waals surface area (Å²) in [6.45, 7) is 0.988. The number of carbonyl (C=O) groups is 1. The van der Waals surface area contributed by atoms with Gasteiger partial charge in [-0.2, -0.15) is 0 Å². The standard InChI is InChI=1S/C20H21F4N3O5S/c21-15-3-1-14(2-4-15)18(26-9-11-27(12-10-26)19(28)29)13-25-33(30,31)17-7-5-16(6-8-17)32-20(22,23)24/h1-8,18,25H,9-13H2,(H,28,29)/t18-/m1/s1. The normalized spacial score (nSPS) is 16.4. The zero-order valence-corrected chi connectivity index (χ0v) is 17.9. The molecule has 0 bridgehead atoms. The van der Waals surface area contributed by atoms with Crippen molar-refractivity contribution in [2.45, 2.75) is 17.3 Å². The minimum absolute atomic E-state index is 0.123. The highest BCUT2D eigenvalue weighted by molar-refractivity contribution is 7.89. The zero-order valence-electron chi connectivity index (χ0n) is 17.1. The Bertz CT molecular complexity index is 1050. The first kappa shape index (κ1) is 24.7. The fraction of sp³-hybridized carbons (Fsp3) is 0.350. The Labute approximate surface area is 187 Å². The Morgan fingerprint density at radius 2 is 1.61 bits per heavy atom. The lowest BCUT2D eigenvalue weighted by atomic mass is 10.0. The maximum absolute atomic E-state index is 13.4. The van der Waals surface area contributed by atoms with E-state index >= 15 is 0 Å². The van der Waals surface area contributed by atoms with Crippen LogP contribution in [0.2, 0.25) is 0 Å². The minimum atomic E-state index is -4.90. The molecule has 180 valence electrons. The highest BCUT2D eigenvalue weighted by atomic mass is 32.2. The van der Waals surface area contributed by atoms with Gasteiger partial charge in [-0.05, 0) is 42.0 Å². The average molecular weight is 491 g/mol. The van der Waals surface area contributed by atoms with E-state index in [2.05, 4.69) is 9.46 Å². The van der Waals surface area contributed by atoms with Crippen LogP contribution in [0, 0.1) is 5.82 Å². The second-order valence-corrected chi connectivity index (χ2v) is 9.01. The average Bonchev–Trinajstić information content (AvgIpc) is 2.74. The van der Waals surface area contributed by atoms with Crippen LogP contribution in [0.1, 0.15) is 11.6 Å². The molecule has 2 N–H and O–H groups in total. The number of hydrogen-bond acceptors (Lipinski definition) is 5. The zero-order chi connectivity index (χ0) is 24.2. The van der Waals surface area contributed by atoms with Crippen LogP contribution in [0.4, 0.5) is 22.4 Å². The molecular weight excluding hydrogens is 470 g/mol. The molecule has 8 nitrogen and oxygen atoms in total. The summed E-state index contributed by atoms with van der Waals surface area (Å²) in [4.78, 5) is 14.0. The lowest BCUT2D eigenvalue weighted by molar-refractivity contribution is -0.274. The van der Waals surface area contributed by atoms with Gasteiger partial charge in [0.2, 0.25) is 10.0 Å². The summed E-state index contributed by atoms with van der Waals surface area (Å²) < 4.78 is 81.9. The van der Waals surface area contributed by atoms with Gasteiger partial charge in [-0.15, -0.1) is 13.2 Å².